The Balaban J connectivity index is 1.88. The summed E-state index contributed by atoms with van der Waals surface area (Å²) in [6.07, 6.45) is 0. The topological polar surface area (TPSA) is 72.5 Å². The van der Waals surface area contributed by atoms with E-state index in [4.69, 9.17) is 9.47 Å². The molecule has 0 spiro atoms. The predicted octanol–water partition coefficient (Wildman–Crippen LogP) is 4.12. The first-order valence-corrected chi connectivity index (χ1v) is 8.80. The Hall–Kier alpha value is -3.06. The van der Waals surface area contributed by atoms with E-state index in [-0.39, 0.29) is 5.91 Å². The molecule has 0 saturated carbocycles. The van der Waals surface area contributed by atoms with Crippen LogP contribution >= 0.6 is 11.3 Å². The number of anilines is 2. The molecule has 0 bridgehead atoms. The number of carbonyl (C=O) groups excluding carboxylic acids is 1. The zero-order valence-corrected chi connectivity index (χ0v) is 15.5. The number of ether oxygens (including phenoxy) is 2. The highest BCUT2D eigenvalue weighted by molar-refractivity contribution is 7.14. The number of hydrogen-bond acceptors (Lipinski definition) is 6. The summed E-state index contributed by atoms with van der Waals surface area (Å²) >= 11 is 1.53. The lowest BCUT2D eigenvalue weighted by Gasteiger charge is -2.13. The minimum Gasteiger partial charge on any atom is -0.496 e. The van der Waals surface area contributed by atoms with Crippen molar-refractivity contribution in [3.8, 4) is 22.8 Å². The molecule has 1 aromatic heterocycles. The summed E-state index contributed by atoms with van der Waals surface area (Å²) in [6.45, 7) is 0. The summed E-state index contributed by atoms with van der Waals surface area (Å²) in [5.74, 6) is 0.609. The molecule has 2 N–H and O–H groups in total. The number of nitrogens with one attached hydrogen (secondary N) is 2. The summed E-state index contributed by atoms with van der Waals surface area (Å²) in [4.78, 5) is 17.3. The molecule has 7 heteroatoms. The summed E-state index contributed by atoms with van der Waals surface area (Å²) in [6, 6.07) is 12.8. The smallest absolute Gasteiger partial charge is 0.263 e. The van der Waals surface area contributed by atoms with Crippen molar-refractivity contribution >= 4 is 28.1 Å². The SMILES string of the molecule is CNc1nc(-c2cccc(NC(=O)c3c(OC)cccc3OC)c2)cs1. The maximum Gasteiger partial charge on any atom is 0.263 e. The standard InChI is InChI=1S/C19H19N3O3S/c1-20-19-22-14(11-26-19)12-6-4-7-13(10-12)21-18(23)17-15(24-2)8-5-9-16(17)25-3/h4-11H,1-3H3,(H,20,22)(H,21,23). The van der Waals surface area contributed by atoms with E-state index in [1.807, 2.05) is 36.7 Å². The van der Waals surface area contributed by atoms with Gasteiger partial charge in [-0.2, -0.15) is 0 Å². The minimum atomic E-state index is -0.300. The summed E-state index contributed by atoms with van der Waals surface area (Å²) < 4.78 is 10.6. The average molecular weight is 369 g/mol. The maximum atomic E-state index is 12.8. The summed E-state index contributed by atoms with van der Waals surface area (Å²) in [7, 11) is 4.88. The van der Waals surface area contributed by atoms with E-state index in [0.717, 1.165) is 16.4 Å². The normalized spacial score (nSPS) is 10.3. The van der Waals surface area contributed by atoms with E-state index in [0.29, 0.717) is 22.7 Å². The van der Waals surface area contributed by atoms with Crippen LogP contribution in [0, 0.1) is 0 Å². The number of carbonyl (C=O) groups is 1. The first-order chi connectivity index (χ1) is 12.7. The van der Waals surface area contributed by atoms with Crippen LogP contribution in [-0.4, -0.2) is 32.2 Å². The molecule has 0 radical (unpaired) electrons. The Kier molecular flexibility index (Phi) is 5.38. The highest BCUT2D eigenvalue weighted by atomic mass is 32.1. The third-order valence-corrected chi connectivity index (χ3v) is 4.65. The third-order valence-electron chi connectivity index (χ3n) is 3.79. The van der Waals surface area contributed by atoms with E-state index in [1.54, 1.807) is 18.2 Å². The maximum absolute atomic E-state index is 12.8. The fourth-order valence-electron chi connectivity index (χ4n) is 2.55. The van der Waals surface area contributed by atoms with Crippen molar-refractivity contribution in [3.63, 3.8) is 0 Å². The van der Waals surface area contributed by atoms with Gasteiger partial charge in [0.1, 0.15) is 17.1 Å². The van der Waals surface area contributed by atoms with E-state index >= 15 is 0 Å². The molecule has 0 atom stereocenters. The van der Waals surface area contributed by atoms with Crippen LogP contribution in [-0.2, 0) is 0 Å². The second kappa shape index (κ2) is 7.88. The van der Waals surface area contributed by atoms with Crippen molar-refractivity contribution in [2.45, 2.75) is 0 Å². The van der Waals surface area contributed by atoms with E-state index < -0.39 is 0 Å². The fraction of sp³-hybridized carbons (Fsp3) is 0.158. The Morgan fingerprint density at radius 1 is 1.08 bits per heavy atom. The van der Waals surface area contributed by atoms with Gasteiger partial charge in [-0.3, -0.25) is 4.79 Å². The molecular formula is C19H19N3O3S. The van der Waals surface area contributed by atoms with Crippen molar-refractivity contribution in [1.82, 2.24) is 4.98 Å². The van der Waals surface area contributed by atoms with Gasteiger partial charge >= 0.3 is 0 Å². The second-order valence-electron chi connectivity index (χ2n) is 5.36. The number of rotatable bonds is 6. The van der Waals surface area contributed by atoms with Gasteiger partial charge < -0.3 is 20.1 Å². The van der Waals surface area contributed by atoms with Crippen molar-refractivity contribution in [3.05, 3.63) is 53.4 Å². The molecular weight excluding hydrogens is 350 g/mol. The van der Waals surface area contributed by atoms with Gasteiger partial charge in [-0.25, -0.2) is 4.98 Å². The van der Waals surface area contributed by atoms with Gasteiger partial charge in [-0.1, -0.05) is 18.2 Å². The predicted molar refractivity (Wildman–Crippen MR) is 105 cm³/mol. The number of thiazole rings is 1. The molecule has 0 unspecified atom stereocenters. The van der Waals surface area contributed by atoms with E-state index in [9.17, 15) is 4.79 Å². The van der Waals surface area contributed by atoms with Crippen LogP contribution < -0.4 is 20.1 Å². The molecule has 0 saturated heterocycles. The molecule has 0 aliphatic rings. The van der Waals surface area contributed by atoms with Crippen LogP contribution in [0.4, 0.5) is 10.8 Å². The number of methoxy groups -OCH3 is 2. The summed E-state index contributed by atoms with van der Waals surface area (Å²) in [5.41, 5.74) is 2.80. The van der Waals surface area contributed by atoms with Crippen LogP contribution in [0.1, 0.15) is 10.4 Å². The van der Waals surface area contributed by atoms with Crippen molar-refractivity contribution in [1.29, 1.82) is 0 Å². The number of benzene rings is 2. The van der Waals surface area contributed by atoms with Crippen LogP contribution in [0.15, 0.2) is 47.8 Å². The highest BCUT2D eigenvalue weighted by Crippen LogP contribution is 2.30. The molecule has 0 aliphatic heterocycles. The van der Waals surface area contributed by atoms with Crippen molar-refractivity contribution in [2.24, 2.45) is 0 Å². The van der Waals surface area contributed by atoms with Gasteiger partial charge in [-0.05, 0) is 24.3 Å². The Morgan fingerprint density at radius 3 is 2.38 bits per heavy atom. The lowest BCUT2D eigenvalue weighted by Crippen LogP contribution is -2.14. The van der Waals surface area contributed by atoms with Crippen LogP contribution in [0.5, 0.6) is 11.5 Å². The van der Waals surface area contributed by atoms with Crippen molar-refractivity contribution in [2.75, 3.05) is 31.9 Å². The summed E-state index contributed by atoms with van der Waals surface area (Å²) in [5, 5.41) is 8.73. The average Bonchev–Trinajstić information content (AvgIpc) is 3.16. The Morgan fingerprint density at radius 2 is 1.77 bits per heavy atom. The highest BCUT2D eigenvalue weighted by Gasteiger charge is 2.18. The van der Waals surface area contributed by atoms with Crippen LogP contribution in [0.2, 0.25) is 0 Å². The first-order valence-electron chi connectivity index (χ1n) is 7.92. The van der Waals surface area contributed by atoms with E-state index in [1.165, 1.54) is 25.6 Å². The zero-order chi connectivity index (χ0) is 18.5. The number of nitrogens with zero attached hydrogens (tertiary/aromatic N) is 1. The minimum absolute atomic E-state index is 0.300. The van der Waals surface area contributed by atoms with E-state index in [2.05, 4.69) is 15.6 Å². The molecule has 3 aromatic rings. The zero-order valence-electron chi connectivity index (χ0n) is 14.7. The Labute approximate surface area is 155 Å². The molecule has 26 heavy (non-hydrogen) atoms. The first kappa shape index (κ1) is 17.8. The van der Waals surface area contributed by atoms with Gasteiger partial charge in [0, 0.05) is 23.7 Å². The molecule has 134 valence electrons. The molecule has 1 amide bonds. The van der Waals surface area contributed by atoms with Gasteiger partial charge in [-0.15, -0.1) is 11.3 Å². The Bertz CT molecular complexity index is 902. The van der Waals surface area contributed by atoms with Gasteiger partial charge in [0.15, 0.2) is 5.13 Å². The number of aromatic nitrogens is 1. The lowest BCUT2D eigenvalue weighted by molar-refractivity contribution is 0.102. The largest absolute Gasteiger partial charge is 0.496 e. The number of amides is 1. The lowest BCUT2D eigenvalue weighted by atomic mass is 10.1. The number of hydrogen-bond donors (Lipinski definition) is 2. The third kappa shape index (κ3) is 3.62. The fourth-order valence-corrected chi connectivity index (χ4v) is 3.23. The van der Waals surface area contributed by atoms with Crippen molar-refractivity contribution < 1.29 is 14.3 Å². The molecule has 3 rings (SSSR count). The molecule has 0 aliphatic carbocycles. The monoisotopic (exact) mass is 369 g/mol. The second-order valence-corrected chi connectivity index (χ2v) is 6.22. The van der Waals surface area contributed by atoms with Gasteiger partial charge in [0.25, 0.3) is 5.91 Å². The van der Waals surface area contributed by atoms with Gasteiger partial charge in [0.05, 0.1) is 19.9 Å². The quantitative estimate of drug-likeness (QED) is 0.684. The van der Waals surface area contributed by atoms with Gasteiger partial charge in [0.2, 0.25) is 0 Å². The molecule has 0 fully saturated rings. The van der Waals surface area contributed by atoms with Crippen LogP contribution in [0.3, 0.4) is 0 Å². The molecule has 1 heterocycles. The molecule has 2 aromatic carbocycles. The van der Waals surface area contributed by atoms with Crippen LogP contribution in [0.25, 0.3) is 11.3 Å². The molecule has 6 nitrogen and oxygen atoms in total.